The van der Waals surface area contributed by atoms with E-state index in [1.165, 1.54) is 7.11 Å². The Bertz CT molecular complexity index is 650. The van der Waals surface area contributed by atoms with E-state index >= 15 is 0 Å². The highest BCUT2D eigenvalue weighted by molar-refractivity contribution is 6.43. The molecule has 1 aromatic carbocycles. The summed E-state index contributed by atoms with van der Waals surface area (Å²) < 4.78 is 5.26. The second-order valence-electron chi connectivity index (χ2n) is 3.80. The molecule has 1 heterocycles. The van der Waals surface area contributed by atoms with Gasteiger partial charge in [-0.2, -0.15) is 5.26 Å². The van der Waals surface area contributed by atoms with Gasteiger partial charge < -0.3 is 4.74 Å². The predicted molar refractivity (Wildman–Crippen MR) is 75.6 cm³/mol. The van der Waals surface area contributed by atoms with Gasteiger partial charge in [-0.1, -0.05) is 35.3 Å². The molecular formula is C14H10Cl2N2O. The van der Waals surface area contributed by atoms with Crippen molar-refractivity contribution in [1.82, 2.24) is 4.98 Å². The van der Waals surface area contributed by atoms with Crippen LogP contribution in [-0.2, 0) is 6.42 Å². The molecule has 0 radical (unpaired) electrons. The maximum absolute atomic E-state index is 8.68. The summed E-state index contributed by atoms with van der Waals surface area (Å²) >= 11 is 12.2. The molecule has 0 bridgehead atoms. The summed E-state index contributed by atoms with van der Waals surface area (Å²) in [6.45, 7) is 0. The maximum Gasteiger partial charge on any atom is 0.221 e. The molecule has 0 aliphatic heterocycles. The Morgan fingerprint density at radius 3 is 2.68 bits per heavy atom. The van der Waals surface area contributed by atoms with E-state index in [0.717, 1.165) is 11.1 Å². The second kappa shape index (κ2) is 5.92. The highest BCUT2D eigenvalue weighted by Gasteiger charge is 2.13. The fourth-order valence-electron chi connectivity index (χ4n) is 1.73. The van der Waals surface area contributed by atoms with E-state index in [4.69, 9.17) is 33.2 Å². The van der Waals surface area contributed by atoms with Crippen molar-refractivity contribution in [1.29, 1.82) is 5.26 Å². The Morgan fingerprint density at radius 2 is 2.00 bits per heavy atom. The third kappa shape index (κ3) is 2.81. The van der Waals surface area contributed by atoms with Gasteiger partial charge in [0.2, 0.25) is 5.88 Å². The van der Waals surface area contributed by atoms with Crippen LogP contribution >= 0.6 is 23.2 Å². The van der Waals surface area contributed by atoms with Crippen molar-refractivity contribution in [3.63, 3.8) is 0 Å². The quantitative estimate of drug-likeness (QED) is 0.854. The van der Waals surface area contributed by atoms with Crippen LogP contribution in [0.25, 0.3) is 11.1 Å². The SMILES string of the molecule is COc1nc(CC#N)ccc1-c1cccc(Cl)c1Cl. The van der Waals surface area contributed by atoms with Crippen LogP contribution in [0.3, 0.4) is 0 Å². The predicted octanol–water partition coefficient (Wildman–Crippen LogP) is 4.13. The van der Waals surface area contributed by atoms with Gasteiger partial charge in [0.15, 0.2) is 0 Å². The minimum atomic E-state index is 0.236. The minimum Gasteiger partial charge on any atom is -0.481 e. The smallest absolute Gasteiger partial charge is 0.221 e. The van der Waals surface area contributed by atoms with Crippen LogP contribution in [0.15, 0.2) is 30.3 Å². The van der Waals surface area contributed by atoms with Gasteiger partial charge in [-0.05, 0) is 18.2 Å². The standard InChI is InChI=1S/C14H10Cl2N2O/c1-19-14-11(6-5-9(18-14)7-8-17)10-3-2-4-12(15)13(10)16/h2-6H,7H2,1H3. The van der Waals surface area contributed by atoms with Crippen molar-refractivity contribution in [2.45, 2.75) is 6.42 Å². The number of benzene rings is 1. The number of hydrogen-bond donors (Lipinski definition) is 0. The first-order valence-corrected chi connectivity index (χ1v) is 6.28. The number of halogens is 2. The molecule has 0 spiro atoms. The van der Waals surface area contributed by atoms with Crippen LogP contribution in [0.5, 0.6) is 5.88 Å². The lowest BCUT2D eigenvalue weighted by Gasteiger charge is -2.10. The van der Waals surface area contributed by atoms with Crippen LogP contribution in [0.1, 0.15) is 5.69 Å². The van der Waals surface area contributed by atoms with Gasteiger partial charge in [-0.3, -0.25) is 0 Å². The van der Waals surface area contributed by atoms with E-state index in [2.05, 4.69) is 4.98 Å². The fraction of sp³-hybridized carbons (Fsp3) is 0.143. The van der Waals surface area contributed by atoms with E-state index in [9.17, 15) is 0 Å². The van der Waals surface area contributed by atoms with E-state index < -0.39 is 0 Å². The van der Waals surface area contributed by atoms with Gasteiger partial charge in [-0.15, -0.1) is 0 Å². The van der Waals surface area contributed by atoms with Crippen LogP contribution in [-0.4, -0.2) is 12.1 Å². The second-order valence-corrected chi connectivity index (χ2v) is 4.58. The molecule has 2 rings (SSSR count). The summed E-state index contributed by atoms with van der Waals surface area (Å²) in [5.41, 5.74) is 2.15. The minimum absolute atomic E-state index is 0.236. The van der Waals surface area contributed by atoms with Crippen LogP contribution in [0.2, 0.25) is 10.0 Å². The number of rotatable bonds is 3. The molecule has 0 saturated carbocycles. The van der Waals surface area contributed by atoms with Gasteiger partial charge in [0, 0.05) is 11.1 Å². The number of aromatic nitrogens is 1. The van der Waals surface area contributed by atoms with Gasteiger partial charge in [0.1, 0.15) is 0 Å². The first-order chi connectivity index (χ1) is 9.17. The van der Waals surface area contributed by atoms with Gasteiger partial charge in [-0.25, -0.2) is 4.98 Å². The molecule has 0 fully saturated rings. The van der Waals surface area contributed by atoms with Crippen LogP contribution < -0.4 is 4.74 Å². The first-order valence-electron chi connectivity index (χ1n) is 5.52. The van der Waals surface area contributed by atoms with Crippen molar-refractivity contribution in [2.75, 3.05) is 7.11 Å². The van der Waals surface area contributed by atoms with E-state index in [1.807, 2.05) is 24.3 Å². The highest BCUT2D eigenvalue weighted by Crippen LogP contribution is 2.37. The van der Waals surface area contributed by atoms with Crippen molar-refractivity contribution in [2.24, 2.45) is 0 Å². The van der Waals surface area contributed by atoms with Crippen molar-refractivity contribution in [3.05, 3.63) is 46.1 Å². The highest BCUT2D eigenvalue weighted by atomic mass is 35.5. The molecule has 0 aliphatic carbocycles. The summed E-state index contributed by atoms with van der Waals surface area (Å²) in [5, 5.41) is 9.61. The number of hydrogen-bond acceptors (Lipinski definition) is 3. The third-order valence-electron chi connectivity index (χ3n) is 2.61. The molecule has 0 amide bonds. The molecule has 0 aliphatic rings. The summed E-state index contributed by atoms with van der Waals surface area (Å²) in [6.07, 6.45) is 0.236. The van der Waals surface area contributed by atoms with E-state index in [1.54, 1.807) is 12.1 Å². The zero-order valence-corrected chi connectivity index (χ0v) is 11.7. The Labute approximate surface area is 121 Å². The zero-order chi connectivity index (χ0) is 13.8. The average Bonchev–Trinajstić information content (AvgIpc) is 2.42. The lowest BCUT2D eigenvalue weighted by atomic mass is 10.1. The third-order valence-corrected chi connectivity index (χ3v) is 3.43. The molecule has 5 heteroatoms. The molecular weight excluding hydrogens is 283 g/mol. The maximum atomic E-state index is 8.68. The van der Waals surface area contributed by atoms with E-state index in [0.29, 0.717) is 21.6 Å². The van der Waals surface area contributed by atoms with Crippen molar-refractivity contribution >= 4 is 23.2 Å². The molecule has 19 heavy (non-hydrogen) atoms. The number of nitriles is 1. The molecule has 0 N–H and O–H groups in total. The monoisotopic (exact) mass is 292 g/mol. The van der Waals surface area contributed by atoms with Gasteiger partial charge in [0.05, 0.1) is 35.3 Å². The van der Waals surface area contributed by atoms with Crippen molar-refractivity contribution in [3.8, 4) is 23.1 Å². The molecule has 0 unspecified atom stereocenters. The summed E-state index contributed by atoms with van der Waals surface area (Å²) in [5.74, 6) is 0.428. The fourth-order valence-corrected chi connectivity index (χ4v) is 2.13. The Kier molecular flexibility index (Phi) is 4.26. The molecule has 0 saturated heterocycles. The molecule has 0 atom stereocenters. The lowest BCUT2D eigenvalue weighted by molar-refractivity contribution is 0.398. The summed E-state index contributed by atoms with van der Waals surface area (Å²) in [7, 11) is 1.53. The molecule has 96 valence electrons. The first kappa shape index (κ1) is 13.7. The van der Waals surface area contributed by atoms with Crippen molar-refractivity contribution < 1.29 is 4.74 Å². The van der Waals surface area contributed by atoms with Crippen LogP contribution in [0, 0.1) is 11.3 Å². The summed E-state index contributed by atoms with van der Waals surface area (Å²) in [6, 6.07) is 11.0. The zero-order valence-electron chi connectivity index (χ0n) is 10.2. The van der Waals surface area contributed by atoms with Gasteiger partial charge in [0.25, 0.3) is 0 Å². The summed E-state index contributed by atoms with van der Waals surface area (Å²) in [4.78, 5) is 4.28. The number of nitrogens with zero attached hydrogens (tertiary/aromatic N) is 2. The lowest BCUT2D eigenvalue weighted by Crippen LogP contribution is -1.96. The molecule has 3 nitrogen and oxygen atoms in total. The normalized spacial score (nSPS) is 10.0. The average molecular weight is 293 g/mol. The Morgan fingerprint density at radius 1 is 1.21 bits per heavy atom. The topological polar surface area (TPSA) is 45.9 Å². The Balaban J connectivity index is 2.56. The molecule has 1 aromatic heterocycles. The molecule has 2 aromatic rings. The van der Waals surface area contributed by atoms with Gasteiger partial charge >= 0.3 is 0 Å². The van der Waals surface area contributed by atoms with E-state index in [-0.39, 0.29) is 6.42 Å². The number of pyridine rings is 1. The Hall–Kier alpha value is -1.76. The van der Waals surface area contributed by atoms with Crippen LogP contribution in [0.4, 0.5) is 0 Å². The number of ether oxygens (including phenoxy) is 1. The number of methoxy groups -OCH3 is 1. The largest absolute Gasteiger partial charge is 0.481 e.